The fourth-order valence-electron chi connectivity index (χ4n) is 3.94. The van der Waals surface area contributed by atoms with Crippen LogP contribution < -0.4 is 24.4 Å². The average Bonchev–Trinajstić information content (AvgIpc) is 2.93. The maximum atomic E-state index is 13.4. The standard InChI is InChI=1S/C30H27BrCl2N2O6/c1-3-5-12-40-21-9-7-20(8-10-21)35-29(37)22(28(36)34-30(35)38)13-19-14-23(31)27(26(16-19)39-4-2)41-17-18-6-11-24(32)25(33)15-18/h6-11,13-16H,3-5,12,17H2,1-2H3,(H,34,36,38)/b22-13-. The molecule has 0 spiro atoms. The summed E-state index contributed by atoms with van der Waals surface area (Å²) in [7, 11) is 0. The normalized spacial score (nSPS) is 14.3. The second kappa shape index (κ2) is 13.9. The molecule has 0 aliphatic carbocycles. The van der Waals surface area contributed by atoms with Crippen molar-refractivity contribution in [3.8, 4) is 17.2 Å². The summed E-state index contributed by atoms with van der Waals surface area (Å²) < 4.78 is 18.0. The van der Waals surface area contributed by atoms with Crippen LogP contribution in [0.2, 0.25) is 10.0 Å². The molecular weight excluding hydrogens is 635 g/mol. The number of anilines is 1. The lowest BCUT2D eigenvalue weighted by atomic mass is 10.1. The van der Waals surface area contributed by atoms with Crippen LogP contribution >= 0.6 is 39.1 Å². The number of urea groups is 1. The Balaban J connectivity index is 1.59. The van der Waals surface area contributed by atoms with E-state index in [0.29, 0.717) is 56.2 Å². The third kappa shape index (κ3) is 7.41. The molecule has 0 atom stereocenters. The van der Waals surface area contributed by atoms with Crippen molar-refractivity contribution in [2.45, 2.75) is 33.3 Å². The highest BCUT2D eigenvalue weighted by atomic mass is 79.9. The highest BCUT2D eigenvalue weighted by Crippen LogP contribution is 2.38. The van der Waals surface area contributed by atoms with E-state index < -0.39 is 17.8 Å². The Kier molecular flexibility index (Phi) is 10.3. The minimum absolute atomic E-state index is 0.191. The zero-order valence-electron chi connectivity index (χ0n) is 22.3. The first-order valence-electron chi connectivity index (χ1n) is 12.9. The Morgan fingerprint density at radius 3 is 2.37 bits per heavy atom. The number of hydrogen-bond donors (Lipinski definition) is 1. The number of rotatable bonds is 11. The first kappa shape index (κ1) is 30.4. The van der Waals surface area contributed by atoms with Gasteiger partial charge in [-0.15, -0.1) is 0 Å². The van der Waals surface area contributed by atoms with Crippen molar-refractivity contribution >= 4 is 68.7 Å². The minimum atomic E-state index is -0.834. The molecule has 4 rings (SSSR count). The van der Waals surface area contributed by atoms with E-state index in [-0.39, 0.29) is 12.2 Å². The van der Waals surface area contributed by atoms with E-state index >= 15 is 0 Å². The van der Waals surface area contributed by atoms with E-state index in [1.165, 1.54) is 6.08 Å². The molecule has 1 heterocycles. The van der Waals surface area contributed by atoms with Gasteiger partial charge in [0, 0.05) is 0 Å². The van der Waals surface area contributed by atoms with Gasteiger partial charge in [0.2, 0.25) is 0 Å². The van der Waals surface area contributed by atoms with Gasteiger partial charge in [-0.2, -0.15) is 0 Å². The van der Waals surface area contributed by atoms with Crippen molar-refractivity contribution in [1.29, 1.82) is 0 Å². The van der Waals surface area contributed by atoms with Gasteiger partial charge in [-0.05, 0) is 95.0 Å². The van der Waals surface area contributed by atoms with Crippen molar-refractivity contribution in [1.82, 2.24) is 5.32 Å². The highest BCUT2D eigenvalue weighted by Gasteiger charge is 2.37. The summed E-state index contributed by atoms with van der Waals surface area (Å²) in [5.41, 5.74) is 1.37. The number of hydrogen-bond acceptors (Lipinski definition) is 6. The van der Waals surface area contributed by atoms with Gasteiger partial charge in [-0.25, -0.2) is 9.69 Å². The van der Waals surface area contributed by atoms with Crippen LogP contribution in [0, 0.1) is 0 Å². The Morgan fingerprint density at radius 2 is 1.68 bits per heavy atom. The van der Waals surface area contributed by atoms with Gasteiger partial charge >= 0.3 is 6.03 Å². The number of nitrogens with zero attached hydrogens (tertiary/aromatic N) is 1. The van der Waals surface area contributed by atoms with E-state index in [1.807, 2.05) is 6.92 Å². The smallest absolute Gasteiger partial charge is 0.335 e. The van der Waals surface area contributed by atoms with Crippen molar-refractivity contribution in [2.75, 3.05) is 18.1 Å². The molecule has 0 bridgehead atoms. The van der Waals surface area contributed by atoms with E-state index in [4.69, 9.17) is 37.4 Å². The molecule has 41 heavy (non-hydrogen) atoms. The molecule has 1 N–H and O–H groups in total. The number of amides is 4. The van der Waals surface area contributed by atoms with Crippen LogP contribution in [-0.4, -0.2) is 31.1 Å². The average molecular weight is 662 g/mol. The third-order valence-corrected chi connectivity index (χ3v) is 7.30. The molecule has 4 amide bonds. The number of benzene rings is 3. The second-order valence-electron chi connectivity index (χ2n) is 8.95. The van der Waals surface area contributed by atoms with Crippen LogP contribution in [0.5, 0.6) is 17.2 Å². The monoisotopic (exact) mass is 660 g/mol. The lowest BCUT2D eigenvalue weighted by molar-refractivity contribution is -0.122. The van der Waals surface area contributed by atoms with Crippen molar-refractivity contribution < 1.29 is 28.6 Å². The molecule has 11 heteroatoms. The van der Waals surface area contributed by atoms with Crippen molar-refractivity contribution in [2.24, 2.45) is 0 Å². The van der Waals surface area contributed by atoms with Gasteiger partial charge in [0.15, 0.2) is 11.5 Å². The van der Waals surface area contributed by atoms with Gasteiger partial charge in [0.05, 0.1) is 33.4 Å². The van der Waals surface area contributed by atoms with Crippen LogP contribution in [0.3, 0.4) is 0 Å². The Labute approximate surface area is 256 Å². The fourth-order valence-corrected chi connectivity index (χ4v) is 4.84. The third-order valence-electron chi connectivity index (χ3n) is 5.97. The number of unbranched alkanes of at least 4 members (excludes halogenated alkanes) is 1. The lowest BCUT2D eigenvalue weighted by Crippen LogP contribution is -2.54. The molecular formula is C30H27BrCl2N2O6. The van der Waals surface area contributed by atoms with Gasteiger partial charge in [0.25, 0.3) is 11.8 Å². The van der Waals surface area contributed by atoms with Crippen LogP contribution in [0.1, 0.15) is 37.8 Å². The van der Waals surface area contributed by atoms with Gasteiger partial charge in [-0.1, -0.05) is 42.6 Å². The van der Waals surface area contributed by atoms with Crippen LogP contribution in [-0.2, 0) is 16.2 Å². The Morgan fingerprint density at radius 1 is 0.927 bits per heavy atom. The quantitative estimate of drug-likeness (QED) is 0.129. The molecule has 1 aliphatic heterocycles. The topological polar surface area (TPSA) is 94.2 Å². The van der Waals surface area contributed by atoms with Gasteiger partial charge in [0.1, 0.15) is 17.9 Å². The molecule has 3 aromatic rings. The SMILES string of the molecule is CCCCOc1ccc(N2C(=O)NC(=O)/C(=C/c3cc(Br)c(OCc4ccc(Cl)c(Cl)c4)c(OCC)c3)C2=O)cc1. The van der Waals surface area contributed by atoms with E-state index in [1.54, 1.807) is 54.6 Å². The number of ether oxygens (including phenoxy) is 3. The van der Waals surface area contributed by atoms with Crippen LogP contribution in [0.25, 0.3) is 6.08 Å². The molecule has 214 valence electrons. The van der Waals surface area contributed by atoms with E-state index in [2.05, 4.69) is 28.2 Å². The maximum absolute atomic E-state index is 13.4. The van der Waals surface area contributed by atoms with Crippen LogP contribution in [0.4, 0.5) is 10.5 Å². The molecule has 1 saturated heterocycles. The van der Waals surface area contributed by atoms with Gasteiger partial charge < -0.3 is 14.2 Å². The summed E-state index contributed by atoms with van der Waals surface area (Å²) in [5, 5.41) is 3.10. The number of barbiturate groups is 1. The zero-order valence-corrected chi connectivity index (χ0v) is 25.4. The van der Waals surface area contributed by atoms with Crippen molar-refractivity contribution in [3.05, 3.63) is 85.8 Å². The largest absolute Gasteiger partial charge is 0.494 e. The van der Waals surface area contributed by atoms with Crippen molar-refractivity contribution in [3.63, 3.8) is 0 Å². The molecule has 0 radical (unpaired) electrons. The molecule has 8 nitrogen and oxygen atoms in total. The fraction of sp³-hybridized carbons (Fsp3) is 0.233. The summed E-state index contributed by atoms with van der Waals surface area (Å²) in [5.74, 6) is -0.118. The summed E-state index contributed by atoms with van der Waals surface area (Å²) in [6.45, 7) is 4.99. The summed E-state index contributed by atoms with van der Waals surface area (Å²) in [6.07, 6.45) is 3.31. The molecule has 0 aromatic heterocycles. The Hall–Kier alpha value is -3.53. The molecule has 0 unspecified atom stereocenters. The summed E-state index contributed by atoms with van der Waals surface area (Å²) >= 11 is 15.6. The van der Waals surface area contributed by atoms with E-state index in [9.17, 15) is 14.4 Å². The number of halogens is 3. The van der Waals surface area contributed by atoms with Crippen LogP contribution in [0.15, 0.2) is 64.6 Å². The number of carbonyl (C=O) groups excluding carboxylic acids is 3. The van der Waals surface area contributed by atoms with Gasteiger partial charge in [-0.3, -0.25) is 14.9 Å². The lowest BCUT2D eigenvalue weighted by Gasteiger charge is -2.26. The second-order valence-corrected chi connectivity index (χ2v) is 10.6. The molecule has 1 aliphatic rings. The number of nitrogens with one attached hydrogen (secondary N) is 1. The first-order valence-corrected chi connectivity index (χ1v) is 14.4. The highest BCUT2D eigenvalue weighted by molar-refractivity contribution is 9.10. The molecule has 1 fully saturated rings. The maximum Gasteiger partial charge on any atom is 0.335 e. The predicted molar refractivity (Wildman–Crippen MR) is 162 cm³/mol. The number of imide groups is 2. The minimum Gasteiger partial charge on any atom is -0.494 e. The molecule has 0 saturated carbocycles. The van der Waals surface area contributed by atoms with E-state index in [0.717, 1.165) is 23.3 Å². The molecule has 3 aromatic carbocycles. The Bertz CT molecular complexity index is 1490. The zero-order chi connectivity index (χ0) is 29.5. The predicted octanol–water partition coefficient (Wildman–Crippen LogP) is 7.58. The first-order chi connectivity index (χ1) is 19.7. The summed E-state index contributed by atoms with van der Waals surface area (Å²) in [4.78, 5) is 39.6. The number of carbonyl (C=O) groups is 3. The summed E-state index contributed by atoms with van der Waals surface area (Å²) in [6, 6.07) is 14.2.